The number of piperidine rings is 1. The molecule has 3 nitrogen and oxygen atoms in total. The molecule has 1 heterocycles. The Kier molecular flexibility index (Phi) is 11.2. The molecule has 1 aliphatic heterocycles. The number of rotatable bonds is 5. The van der Waals surface area contributed by atoms with Crippen LogP contribution in [0.15, 0.2) is 0 Å². The second-order valence-corrected chi connectivity index (χ2v) is 5.02. The first-order chi connectivity index (χ1) is 8.69. The van der Waals surface area contributed by atoms with Crippen LogP contribution in [0.1, 0.15) is 59.3 Å². The van der Waals surface area contributed by atoms with Crippen molar-refractivity contribution in [2.24, 2.45) is 5.92 Å². The second kappa shape index (κ2) is 11.5. The molecule has 3 heteroatoms. The van der Waals surface area contributed by atoms with Gasteiger partial charge < -0.3 is 9.64 Å². The summed E-state index contributed by atoms with van der Waals surface area (Å²) in [5.41, 5.74) is 0. The second-order valence-electron chi connectivity index (χ2n) is 5.02. The highest BCUT2D eigenvalue weighted by atomic mass is 16.5. The van der Waals surface area contributed by atoms with E-state index in [0.717, 1.165) is 32.0 Å². The van der Waals surface area contributed by atoms with Gasteiger partial charge in [-0.05, 0) is 31.6 Å². The van der Waals surface area contributed by atoms with Crippen molar-refractivity contribution in [3.05, 3.63) is 0 Å². The van der Waals surface area contributed by atoms with Crippen molar-refractivity contribution in [1.82, 2.24) is 4.90 Å². The zero-order chi connectivity index (χ0) is 13.8. The van der Waals surface area contributed by atoms with Crippen molar-refractivity contribution in [1.29, 1.82) is 0 Å². The SMILES string of the molecule is CCC.CCC(=O)N1CCC(CCCOC)CC1. The fourth-order valence-electron chi connectivity index (χ4n) is 2.21. The zero-order valence-electron chi connectivity index (χ0n) is 12.7. The highest BCUT2D eigenvalue weighted by Gasteiger charge is 2.21. The van der Waals surface area contributed by atoms with Gasteiger partial charge in [0.1, 0.15) is 0 Å². The van der Waals surface area contributed by atoms with Crippen molar-refractivity contribution in [3.8, 4) is 0 Å². The molecule has 108 valence electrons. The minimum Gasteiger partial charge on any atom is -0.385 e. The molecule has 0 unspecified atom stereocenters. The van der Waals surface area contributed by atoms with Gasteiger partial charge in [-0.15, -0.1) is 0 Å². The Labute approximate surface area is 113 Å². The molecule has 0 aliphatic carbocycles. The van der Waals surface area contributed by atoms with Crippen LogP contribution in [-0.4, -0.2) is 37.6 Å². The van der Waals surface area contributed by atoms with Crippen LogP contribution >= 0.6 is 0 Å². The normalized spacial score (nSPS) is 16.1. The van der Waals surface area contributed by atoms with Gasteiger partial charge in [0, 0.05) is 33.2 Å². The first-order valence-corrected chi connectivity index (χ1v) is 7.46. The van der Waals surface area contributed by atoms with Crippen molar-refractivity contribution in [2.75, 3.05) is 26.8 Å². The Morgan fingerprint density at radius 3 is 2.22 bits per heavy atom. The first kappa shape index (κ1) is 17.4. The molecule has 1 saturated heterocycles. The van der Waals surface area contributed by atoms with E-state index in [1.165, 1.54) is 25.7 Å². The van der Waals surface area contributed by atoms with Gasteiger partial charge in [0.25, 0.3) is 0 Å². The van der Waals surface area contributed by atoms with Crippen LogP contribution in [0.4, 0.5) is 0 Å². The monoisotopic (exact) mass is 257 g/mol. The highest BCUT2D eigenvalue weighted by Crippen LogP contribution is 2.22. The largest absolute Gasteiger partial charge is 0.385 e. The van der Waals surface area contributed by atoms with Crippen LogP contribution in [-0.2, 0) is 9.53 Å². The van der Waals surface area contributed by atoms with Crippen LogP contribution in [0.2, 0.25) is 0 Å². The Morgan fingerprint density at radius 1 is 1.22 bits per heavy atom. The van der Waals surface area contributed by atoms with E-state index >= 15 is 0 Å². The summed E-state index contributed by atoms with van der Waals surface area (Å²) < 4.78 is 5.05. The molecule has 1 fully saturated rings. The standard InChI is InChI=1S/C12H23NO2.C3H8/c1-3-12(14)13-8-6-11(7-9-13)5-4-10-15-2;1-3-2/h11H,3-10H2,1-2H3;3H2,1-2H3. The van der Waals surface area contributed by atoms with Crippen molar-refractivity contribution < 1.29 is 9.53 Å². The molecule has 0 spiro atoms. The summed E-state index contributed by atoms with van der Waals surface area (Å²) in [6.45, 7) is 8.98. The summed E-state index contributed by atoms with van der Waals surface area (Å²) in [7, 11) is 1.75. The van der Waals surface area contributed by atoms with Gasteiger partial charge in [0.2, 0.25) is 5.91 Å². The van der Waals surface area contributed by atoms with Crippen LogP contribution in [0, 0.1) is 5.92 Å². The minimum atomic E-state index is 0.311. The highest BCUT2D eigenvalue weighted by molar-refractivity contribution is 5.75. The number of carbonyl (C=O) groups excluding carboxylic acids is 1. The lowest BCUT2D eigenvalue weighted by Crippen LogP contribution is -2.38. The molecule has 0 atom stereocenters. The topological polar surface area (TPSA) is 29.5 Å². The Bertz CT molecular complexity index is 199. The lowest BCUT2D eigenvalue weighted by molar-refractivity contribution is -0.132. The van der Waals surface area contributed by atoms with Gasteiger partial charge >= 0.3 is 0 Å². The Hall–Kier alpha value is -0.570. The molecule has 1 rings (SSSR count). The van der Waals surface area contributed by atoms with Crippen LogP contribution < -0.4 is 0 Å². The van der Waals surface area contributed by atoms with Gasteiger partial charge in [-0.1, -0.05) is 27.2 Å². The minimum absolute atomic E-state index is 0.311. The summed E-state index contributed by atoms with van der Waals surface area (Å²) in [6.07, 6.45) is 6.66. The van der Waals surface area contributed by atoms with E-state index in [1.54, 1.807) is 7.11 Å². The summed E-state index contributed by atoms with van der Waals surface area (Å²) in [6, 6.07) is 0. The summed E-state index contributed by atoms with van der Waals surface area (Å²) >= 11 is 0. The van der Waals surface area contributed by atoms with Crippen LogP contribution in [0.3, 0.4) is 0 Å². The lowest BCUT2D eigenvalue weighted by Gasteiger charge is -2.31. The van der Waals surface area contributed by atoms with E-state index in [2.05, 4.69) is 13.8 Å². The fourth-order valence-corrected chi connectivity index (χ4v) is 2.21. The molecule has 0 radical (unpaired) electrons. The maximum atomic E-state index is 11.4. The molecule has 0 saturated carbocycles. The lowest BCUT2D eigenvalue weighted by atomic mass is 9.92. The Morgan fingerprint density at radius 2 is 1.78 bits per heavy atom. The number of methoxy groups -OCH3 is 1. The maximum absolute atomic E-state index is 11.4. The van der Waals surface area contributed by atoms with E-state index in [-0.39, 0.29) is 0 Å². The van der Waals surface area contributed by atoms with E-state index in [9.17, 15) is 4.79 Å². The average molecular weight is 257 g/mol. The number of carbonyl (C=O) groups is 1. The third kappa shape index (κ3) is 7.70. The van der Waals surface area contributed by atoms with Crippen LogP contribution in [0.25, 0.3) is 0 Å². The van der Waals surface area contributed by atoms with Gasteiger partial charge in [-0.3, -0.25) is 4.79 Å². The fraction of sp³-hybridized carbons (Fsp3) is 0.933. The Balaban J connectivity index is 0.000000873. The van der Waals surface area contributed by atoms with Crippen LogP contribution in [0.5, 0.6) is 0 Å². The van der Waals surface area contributed by atoms with Gasteiger partial charge in [0.15, 0.2) is 0 Å². The molecule has 0 N–H and O–H groups in total. The van der Waals surface area contributed by atoms with E-state index in [0.29, 0.717) is 12.3 Å². The smallest absolute Gasteiger partial charge is 0.222 e. The third-order valence-corrected chi connectivity index (χ3v) is 3.23. The molecule has 1 aliphatic rings. The predicted molar refractivity (Wildman–Crippen MR) is 76.7 cm³/mol. The summed E-state index contributed by atoms with van der Waals surface area (Å²) in [5, 5.41) is 0. The van der Waals surface area contributed by atoms with E-state index in [4.69, 9.17) is 4.74 Å². The van der Waals surface area contributed by atoms with Crippen molar-refractivity contribution in [3.63, 3.8) is 0 Å². The van der Waals surface area contributed by atoms with Crippen molar-refractivity contribution >= 4 is 5.91 Å². The number of amides is 1. The quantitative estimate of drug-likeness (QED) is 0.706. The number of nitrogens with zero attached hydrogens (tertiary/aromatic N) is 1. The summed E-state index contributed by atoms with van der Waals surface area (Å²) in [5.74, 6) is 1.12. The maximum Gasteiger partial charge on any atom is 0.222 e. The van der Waals surface area contributed by atoms with Gasteiger partial charge in [0.05, 0.1) is 0 Å². The van der Waals surface area contributed by atoms with E-state index in [1.807, 2.05) is 11.8 Å². The number of hydrogen-bond donors (Lipinski definition) is 0. The van der Waals surface area contributed by atoms with Crippen molar-refractivity contribution in [2.45, 2.75) is 59.3 Å². The molecule has 18 heavy (non-hydrogen) atoms. The molecule has 0 aromatic heterocycles. The number of ether oxygens (including phenoxy) is 1. The van der Waals surface area contributed by atoms with E-state index < -0.39 is 0 Å². The predicted octanol–water partition coefficient (Wildman–Crippen LogP) is 3.48. The number of hydrogen-bond acceptors (Lipinski definition) is 2. The molecule has 0 aromatic carbocycles. The van der Waals surface area contributed by atoms with Gasteiger partial charge in [-0.25, -0.2) is 0 Å². The number of likely N-dealkylation sites (tertiary alicyclic amines) is 1. The summed E-state index contributed by atoms with van der Waals surface area (Å²) in [4.78, 5) is 13.4. The molecule has 1 amide bonds. The average Bonchev–Trinajstić information content (AvgIpc) is 2.40. The third-order valence-electron chi connectivity index (χ3n) is 3.23. The molecular formula is C15H31NO2. The molecule has 0 bridgehead atoms. The molecular weight excluding hydrogens is 226 g/mol. The zero-order valence-corrected chi connectivity index (χ0v) is 12.7. The first-order valence-electron chi connectivity index (χ1n) is 7.46. The van der Waals surface area contributed by atoms with Gasteiger partial charge in [-0.2, -0.15) is 0 Å². The molecule has 0 aromatic rings.